The second kappa shape index (κ2) is 9.00. The molecular formula is C16H28F3N3O3Si. The predicted molar refractivity (Wildman–Crippen MR) is 96.9 cm³/mol. The number of ether oxygens (including phenoxy) is 1. The van der Waals surface area contributed by atoms with Gasteiger partial charge in [-0.3, -0.25) is 4.79 Å². The lowest BCUT2D eigenvalue weighted by atomic mass is 10.0. The molecular weight excluding hydrogens is 367 g/mol. The molecule has 1 atom stereocenters. The maximum absolute atomic E-state index is 13.4. The molecule has 1 heterocycles. The second-order valence-electron chi connectivity index (χ2n) is 7.76. The minimum Gasteiger partial charge on any atom is -0.394 e. The molecule has 0 saturated heterocycles. The molecule has 2 N–H and O–H groups in total. The molecule has 0 aliphatic carbocycles. The van der Waals surface area contributed by atoms with Crippen molar-refractivity contribution in [3.05, 3.63) is 22.1 Å². The van der Waals surface area contributed by atoms with Crippen LogP contribution in [0.3, 0.4) is 0 Å². The first kappa shape index (κ1) is 22.6. The van der Waals surface area contributed by atoms with E-state index in [9.17, 15) is 23.1 Å². The maximum atomic E-state index is 13.4. The lowest BCUT2D eigenvalue weighted by Gasteiger charge is -2.23. The zero-order valence-corrected chi connectivity index (χ0v) is 16.9. The van der Waals surface area contributed by atoms with E-state index in [1.165, 1.54) is 0 Å². The molecule has 1 rings (SSSR count). The summed E-state index contributed by atoms with van der Waals surface area (Å²) in [5.74, 6) is -0.131. The Bertz CT molecular complexity index is 642. The highest BCUT2D eigenvalue weighted by molar-refractivity contribution is 6.76. The smallest absolute Gasteiger partial charge is 0.394 e. The molecule has 0 amide bonds. The largest absolute Gasteiger partial charge is 0.423 e. The number of nitrogens with one attached hydrogen (secondary N) is 1. The summed E-state index contributed by atoms with van der Waals surface area (Å²) in [7, 11) is -1.34. The van der Waals surface area contributed by atoms with E-state index in [1.54, 1.807) is 13.8 Å². The van der Waals surface area contributed by atoms with Crippen molar-refractivity contribution < 1.29 is 23.0 Å². The summed E-state index contributed by atoms with van der Waals surface area (Å²) in [5.41, 5.74) is -3.04. The first-order valence-corrected chi connectivity index (χ1v) is 12.2. The Morgan fingerprint density at radius 1 is 1.35 bits per heavy atom. The number of nitrogens with zero attached hydrogens (tertiary/aromatic N) is 2. The Hall–Kier alpha value is -1.39. The van der Waals surface area contributed by atoms with Crippen LogP contribution in [0.1, 0.15) is 19.4 Å². The molecule has 1 aromatic rings. The highest BCUT2D eigenvalue weighted by atomic mass is 28.3. The summed E-state index contributed by atoms with van der Waals surface area (Å²) in [4.78, 5) is 12.3. The van der Waals surface area contributed by atoms with Crippen LogP contribution in [0.2, 0.25) is 25.7 Å². The van der Waals surface area contributed by atoms with E-state index >= 15 is 0 Å². The Labute approximate surface area is 152 Å². The fourth-order valence-corrected chi connectivity index (χ4v) is 2.87. The van der Waals surface area contributed by atoms with E-state index in [0.29, 0.717) is 11.3 Å². The molecule has 0 saturated carbocycles. The minimum absolute atomic E-state index is 0.131. The number of halogens is 3. The maximum Gasteiger partial charge on any atom is 0.423 e. The molecule has 150 valence electrons. The zero-order valence-electron chi connectivity index (χ0n) is 15.9. The van der Waals surface area contributed by atoms with Crippen LogP contribution in [-0.2, 0) is 17.6 Å². The van der Waals surface area contributed by atoms with Crippen LogP contribution in [0.25, 0.3) is 0 Å². The highest BCUT2D eigenvalue weighted by Crippen LogP contribution is 2.32. The predicted octanol–water partition coefficient (Wildman–Crippen LogP) is 3.00. The van der Waals surface area contributed by atoms with Gasteiger partial charge in [0, 0.05) is 14.7 Å². The minimum atomic E-state index is -4.85. The van der Waals surface area contributed by atoms with Gasteiger partial charge in [-0.2, -0.15) is 18.3 Å². The molecule has 10 heteroatoms. The Balaban J connectivity index is 3.06. The van der Waals surface area contributed by atoms with Gasteiger partial charge in [0.05, 0.1) is 24.5 Å². The van der Waals surface area contributed by atoms with Crippen molar-refractivity contribution in [1.82, 2.24) is 9.78 Å². The SMILES string of the molecule is CC(C)[C@@H](CO)Nc1cnn(COCC[Si](C)(C)C)c(=O)c1C(F)(F)F. The number of aromatic nitrogens is 2. The van der Waals surface area contributed by atoms with Gasteiger partial charge in [0.2, 0.25) is 0 Å². The third kappa shape index (κ3) is 6.73. The third-order valence-electron chi connectivity index (χ3n) is 3.88. The first-order valence-electron chi connectivity index (χ1n) is 8.49. The first-order chi connectivity index (χ1) is 11.9. The van der Waals surface area contributed by atoms with Crippen molar-refractivity contribution in [2.24, 2.45) is 5.92 Å². The summed E-state index contributed by atoms with van der Waals surface area (Å²) in [6.45, 7) is 9.62. The number of hydrogen-bond donors (Lipinski definition) is 2. The van der Waals surface area contributed by atoms with Gasteiger partial charge in [0.25, 0.3) is 5.56 Å². The molecule has 0 radical (unpaired) electrons. The summed E-state index contributed by atoms with van der Waals surface area (Å²) >= 11 is 0. The standard InChI is InChI=1S/C16H28F3N3O3Si/c1-11(2)13(9-23)21-12-8-20-22(10-25-6-7-26(3,4)5)15(24)14(12)16(17,18)19/h8,11,13,21,23H,6-7,9-10H2,1-5H3/t13-/m1/s1. The molecule has 0 aliphatic heterocycles. The fourth-order valence-electron chi connectivity index (χ4n) is 2.12. The Morgan fingerprint density at radius 3 is 2.42 bits per heavy atom. The van der Waals surface area contributed by atoms with Gasteiger partial charge in [-0.1, -0.05) is 33.5 Å². The van der Waals surface area contributed by atoms with Crippen LogP contribution in [0, 0.1) is 5.92 Å². The molecule has 0 bridgehead atoms. The Kier molecular flexibility index (Phi) is 7.84. The molecule has 1 aromatic heterocycles. The van der Waals surface area contributed by atoms with Gasteiger partial charge < -0.3 is 15.2 Å². The van der Waals surface area contributed by atoms with Crippen LogP contribution in [0.15, 0.2) is 11.0 Å². The summed E-state index contributed by atoms with van der Waals surface area (Å²) in [6, 6.07) is 0.209. The summed E-state index contributed by atoms with van der Waals surface area (Å²) in [6.07, 6.45) is -3.89. The average molecular weight is 395 g/mol. The number of alkyl halides is 3. The fraction of sp³-hybridized carbons (Fsp3) is 0.750. The van der Waals surface area contributed by atoms with Crippen LogP contribution >= 0.6 is 0 Å². The number of aliphatic hydroxyl groups excluding tert-OH is 1. The quantitative estimate of drug-likeness (QED) is 0.497. The molecule has 0 unspecified atom stereocenters. The van der Waals surface area contributed by atoms with Gasteiger partial charge >= 0.3 is 6.18 Å². The lowest BCUT2D eigenvalue weighted by molar-refractivity contribution is -0.138. The molecule has 6 nitrogen and oxygen atoms in total. The number of hydrogen-bond acceptors (Lipinski definition) is 5. The van der Waals surface area contributed by atoms with E-state index in [2.05, 4.69) is 30.1 Å². The average Bonchev–Trinajstić information content (AvgIpc) is 2.48. The highest BCUT2D eigenvalue weighted by Gasteiger charge is 2.38. The van der Waals surface area contributed by atoms with E-state index in [1.807, 2.05) is 0 Å². The van der Waals surface area contributed by atoms with E-state index < -0.39 is 37.1 Å². The van der Waals surface area contributed by atoms with Crippen molar-refractivity contribution in [3.8, 4) is 0 Å². The second-order valence-corrected chi connectivity index (χ2v) is 13.4. The molecule has 0 aromatic carbocycles. The summed E-state index contributed by atoms with van der Waals surface area (Å²) < 4.78 is 46.2. The van der Waals surface area contributed by atoms with Gasteiger partial charge in [-0.15, -0.1) is 0 Å². The van der Waals surface area contributed by atoms with Crippen molar-refractivity contribution in [2.45, 2.75) is 58.5 Å². The Morgan fingerprint density at radius 2 is 1.96 bits per heavy atom. The van der Waals surface area contributed by atoms with Crippen LogP contribution in [-0.4, -0.2) is 42.2 Å². The van der Waals surface area contributed by atoms with E-state index in [4.69, 9.17) is 4.74 Å². The number of rotatable bonds is 9. The molecule has 0 aliphatic rings. The van der Waals surface area contributed by atoms with Crippen LogP contribution in [0.4, 0.5) is 18.9 Å². The summed E-state index contributed by atoms with van der Waals surface area (Å²) in [5, 5.41) is 15.7. The monoisotopic (exact) mass is 395 g/mol. The number of anilines is 1. The molecule has 0 spiro atoms. The topological polar surface area (TPSA) is 76.4 Å². The van der Waals surface area contributed by atoms with Crippen molar-refractivity contribution in [2.75, 3.05) is 18.5 Å². The van der Waals surface area contributed by atoms with Crippen molar-refractivity contribution >= 4 is 13.8 Å². The van der Waals surface area contributed by atoms with Gasteiger partial charge in [-0.05, 0) is 12.0 Å². The van der Waals surface area contributed by atoms with Crippen molar-refractivity contribution in [1.29, 1.82) is 0 Å². The van der Waals surface area contributed by atoms with Crippen molar-refractivity contribution in [3.63, 3.8) is 0 Å². The molecule has 26 heavy (non-hydrogen) atoms. The third-order valence-corrected chi connectivity index (χ3v) is 5.58. The van der Waals surface area contributed by atoms with E-state index in [-0.39, 0.29) is 19.3 Å². The van der Waals surface area contributed by atoms with E-state index in [0.717, 1.165) is 12.2 Å². The number of aliphatic hydroxyl groups is 1. The van der Waals surface area contributed by atoms with Gasteiger partial charge in [0.1, 0.15) is 12.3 Å². The lowest BCUT2D eigenvalue weighted by Crippen LogP contribution is -2.36. The van der Waals surface area contributed by atoms with Gasteiger partial charge in [0.15, 0.2) is 0 Å². The van der Waals surface area contributed by atoms with Gasteiger partial charge in [-0.25, -0.2) is 4.68 Å². The van der Waals surface area contributed by atoms with Crippen LogP contribution < -0.4 is 10.9 Å². The zero-order chi connectivity index (χ0) is 20.1. The normalized spacial score (nSPS) is 13.9. The molecule has 0 fully saturated rings. The van der Waals surface area contributed by atoms with Crippen LogP contribution in [0.5, 0.6) is 0 Å².